The van der Waals surface area contributed by atoms with Gasteiger partial charge in [0.2, 0.25) is 17.7 Å². The molecule has 3 aromatic rings. The summed E-state index contributed by atoms with van der Waals surface area (Å²) in [5.41, 5.74) is 7.96. The van der Waals surface area contributed by atoms with Gasteiger partial charge in [-0.3, -0.25) is 14.4 Å². The van der Waals surface area contributed by atoms with Crippen LogP contribution in [0, 0.1) is 5.82 Å². The van der Waals surface area contributed by atoms with Gasteiger partial charge in [-0.05, 0) is 46.9 Å². The summed E-state index contributed by atoms with van der Waals surface area (Å²) in [5, 5.41) is 4.89. The van der Waals surface area contributed by atoms with Crippen molar-refractivity contribution in [2.75, 3.05) is 20.1 Å². The van der Waals surface area contributed by atoms with E-state index in [-0.39, 0.29) is 43.0 Å². The summed E-state index contributed by atoms with van der Waals surface area (Å²) in [5.74, 6) is -1.15. The van der Waals surface area contributed by atoms with E-state index >= 15 is 0 Å². The number of carbonyl (C=O) groups is 3. The molecule has 1 aliphatic heterocycles. The van der Waals surface area contributed by atoms with E-state index in [9.17, 15) is 18.8 Å². The van der Waals surface area contributed by atoms with Gasteiger partial charge in [0.05, 0.1) is 6.04 Å². The topological polar surface area (TPSA) is 95.7 Å². The summed E-state index contributed by atoms with van der Waals surface area (Å²) in [4.78, 5) is 43.3. The number of hydrogen-bond donors (Lipinski definition) is 2. The molecule has 4 rings (SSSR count). The zero-order chi connectivity index (χ0) is 27.2. The SMILES string of the molecule is CCC[C@H]1C(=O)N(C(Cc2ccc3ccccc3c2)C(=O)NC)CCN1C(=O)C(N)Cc1ccc(F)cc1. The van der Waals surface area contributed by atoms with E-state index in [1.165, 1.54) is 12.1 Å². The summed E-state index contributed by atoms with van der Waals surface area (Å²) < 4.78 is 13.3. The minimum atomic E-state index is -0.855. The number of hydrogen-bond acceptors (Lipinski definition) is 4. The Balaban J connectivity index is 1.53. The molecule has 2 unspecified atom stereocenters. The molecule has 0 bridgehead atoms. The maximum absolute atomic E-state index is 13.8. The first-order valence-electron chi connectivity index (χ1n) is 13.1. The second-order valence-corrected chi connectivity index (χ2v) is 9.82. The summed E-state index contributed by atoms with van der Waals surface area (Å²) in [6.07, 6.45) is 1.78. The number of fused-ring (bicyclic) bond motifs is 1. The molecule has 0 aromatic heterocycles. The maximum Gasteiger partial charge on any atom is 0.246 e. The average molecular weight is 519 g/mol. The minimum Gasteiger partial charge on any atom is -0.357 e. The standard InChI is InChI=1S/C30H35FN4O3/c1-3-6-26-30(38)35(16-15-34(26)29(37)25(32)18-20-10-13-24(31)14-11-20)27(28(36)33-2)19-21-9-12-22-7-4-5-8-23(22)17-21/h4-5,7-14,17,25-27H,3,6,15-16,18-19,32H2,1-2H3,(H,33,36)/t25?,26-,27?/m0/s1. The summed E-state index contributed by atoms with van der Waals surface area (Å²) in [6, 6.07) is 17.7. The smallest absolute Gasteiger partial charge is 0.246 e. The zero-order valence-corrected chi connectivity index (χ0v) is 21.9. The highest BCUT2D eigenvalue weighted by Gasteiger charge is 2.42. The molecule has 1 heterocycles. The Bertz CT molecular complexity index is 1300. The molecule has 3 N–H and O–H groups in total. The van der Waals surface area contributed by atoms with Crippen LogP contribution in [0.3, 0.4) is 0 Å². The summed E-state index contributed by atoms with van der Waals surface area (Å²) >= 11 is 0. The van der Waals surface area contributed by atoms with Crippen LogP contribution < -0.4 is 11.1 Å². The van der Waals surface area contributed by atoms with Gasteiger partial charge in [0, 0.05) is 26.6 Å². The number of carbonyl (C=O) groups excluding carboxylic acids is 3. The lowest BCUT2D eigenvalue weighted by Gasteiger charge is -2.44. The molecule has 38 heavy (non-hydrogen) atoms. The largest absolute Gasteiger partial charge is 0.357 e. The van der Waals surface area contributed by atoms with Crippen LogP contribution in [0.1, 0.15) is 30.9 Å². The average Bonchev–Trinajstić information content (AvgIpc) is 2.93. The fourth-order valence-corrected chi connectivity index (χ4v) is 5.21. The third-order valence-electron chi connectivity index (χ3n) is 7.23. The Labute approximate surface area is 222 Å². The van der Waals surface area contributed by atoms with Gasteiger partial charge >= 0.3 is 0 Å². The molecule has 3 atom stereocenters. The second kappa shape index (κ2) is 12.2. The van der Waals surface area contributed by atoms with Crippen molar-refractivity contribution in [2.24, 2.45) is 5.73 Å². The minimum absolute atomic E-state index is 0.236. The van der Waals surface area contributed by atoms with Crippen molar-refractivity contribution in [1.82, 2.24) is 15.1 Å². The van der Waals surface area contributed by atoms with Crippen molar-refractivity contribution >= 4 is 28.5 Å². The number of likely N-dealkylation sites (N-methyl/N-ethyl adjacent to an activating group) is 1. The van der Waals surface area contributed by atoms with Crippen molar-refractivity contribution in [3.8, 4) is 0 Å². The van der Waals surface area contributed by atoms with Crippen LogP contribution >= 0.6 is 0 Å². The second-order valence-electron chi connectivity index (χ2n) is 9.82. The van der Waals surface area contributed by atoms with Gasteiger partial charge in [-0.25, -0.2) is 4.39 Å². The van der Waals surface area contributed by atoms with Crippen LogP contribution in [0.2, 0.25) is 0 Å². The third-order valence-corrected chi connectivity index (χ3v) is 7.23. The normalized spacial score (nSPS) is 17.4. The predicted octanol–water partition coefficient (Wildman–Crippen LogP) is 3.05. The Morgan fingerprint density at radius 3 is 2.37 bits per heavy atom. The first-order valence-corrected chi connectivity index (χ1v) is 13.1. The molecule has 1 saturated heterocycles. The number of benzene rings is 3. The maximum atomic E-state index is 13.8. The van der Waals surface area contributed by atoms with Gasteiger partial charge in [-0.2, -0.15) is 0 Å². The predicted molar refractivity (Wildman–Crippen MR) is 146 cm³/mol. The van der Waals surface area contributed by atoms with E-state index < -0.39 is 18.1 Å². The van der Waals surface area contributed by atoms with Gasteiger partial charge in [-0.1, -0.05) is 67.9 Å². The molecule has 7 nitrogen and oxygen atoms in total. The van der Waals surface area contributed by atoms with E-state index in [0.717, 1.165) is 21.9 Å². The van der Waals surface area contributed by atoms with E-state index in [1.54, 1.807) is 29.0 Å². The lowest BCUT2D eigenvalue weighted by molar-refractivity contribution is -0.156. The highest BCUT2D eigenvalue weighted by molar-refractivity contribution is 5.94. The van der Waals surface area contributed by atoms with Gasteiger partial charge in [0.25, 0.3) is 0 Å². The number of amides is 3. The Kier molecular flexibility index (Phi) is 8.73. The highest BCUT2D eigenvalue weighted by atomic mass is 19.1. The van der Waals surface area contributed by atoms with Crippen molar-refractivity contribution < 1.29 is 18.8 Å². The molecular formula is C30H35FN4O3. The van der Waals surface area contributed by atoms with E-state index in [0.29, 0.717) is 19.3 Å². The van der Waals surface area contributed by atoms with Crippen molar-refractivity contribution in [3.05, 3.63) is 83.7 Å². The van der Waals surface area contributed by atoms with E-state index in [2.05, 4.69) is 5.32 Å². The van der Waals surface area contributed by atoms with Gasteiger partial charge in [0.1, 0.15) is 17.9 Å². The first kappa shape index (κ1) is 27.3. The molecule has 0 saturated carbocycles. The fourth-order valence-electron chi connectivity index (χ4n) is 5.21. The summed E-state index contributed by atoms with van der Waals surface area (Å²) in [6.45, 7) is 2.48. The number of nitrogens with zero attached hydrogens (tertiary/aromatic N) is 2. The van der Waals surface area contributed by atoms with Crippen LogP contribution in [0.15, 0.2) is 66.7 Å². The van der Waals surface area contributed by atoms with E-state index in [1.807, 2.05) is 49.4 Å². The highest BCUT2D eigenvalue weighted by Crippen LogP contribution is 2.23. The quantitative estimate of drug-likeness (QED) is 0.455. The molecule has 200 valence electrons. The molecule has 3 aromatic carbocycles. The van der Waals surface area contributed by atoms with E-state index in [4.69, 9.17) is 5.73 Å². The third kappa shape index (κ3) is 6.02. The first-order chi connectivity index (χ1) is 18.3. The lowest BCUT2D eigenvalue weighted by Crippen LogP contribution is -2.65. The number of nitrogens with one attached hydrogen (secondary N) is 1. The van der Waals surface area contributed by atoms with Gasteiger partial charge in [-0.15, -0.1) is 0 Å². The zero-order valence-electron chi connectivity index (χ0n) is 21.9. The Hall–Kier alpha value is -3.78. The molecule has 1 fully saturated rings. The lowest BCUT2D eigenvalue weighted by atomic mass is 9.96. The van der Waals surface area contributed by atoms with Crippen molar-refractivity contribution in [3.63, 3.8) is 0 Å². The molecule has 8 heteroatoms. The number of piperazine rings is 1. The Morgan fingerprint density at radius 1 is 1.00 bits per heavy atom. The van der Waals surface area contributed by atoms with Crippen LogP contribution in [-0.4, -0.2) is 65.8 Å². The van der Waals surface area contributed by atoms with Crippen LogP contribution in [-0.2, 0) is 27.2 Å². The van der Waals surface area contributed by atoms with Crippen molar-refractivity contribution in [2.45, 2.75) is 50.7 Å². The number of nitrogens with two attached hydrogens (primary N) is 1. The molecule has 0 radical (unpaired) electrons. The molecule has 0 aliphatic carbocycles. The van der Waals surface area contributed by atoms with Gasteiger partial charge < -0.3 is 20.9 Å². The van der Waals surface area contributed by atoms with Gasteiger partial charge in [0.15, 0.2) is 0 Å². The van der Waals surface area contributed by atoms with Crippen molar-refractivity contribution in [1.29, 1.82) is 0 Å². The molecular weight excluding hydrogens is 483 g/mol. The summed E-state index contributed by atoms with van der Waals surface area (Å²) in [7, 11) is 1.57. The fraction of sp³-hybridized carbons (Fsp3) is 0.367. The molecule has 0 spiro atoms. The number of rotatable bonds is 9. The van der Waals surface area contributed by atoms with Crippen LogP contribution in [0.4, 0.5) is 4.39 Å². The number of halogens is 1. The Morgan fingerprint density at radius 2 is 1.68 bits per heavy atom. The molecule has 3 amide bonds. The molecule has 1 aliphatic rings. The van der Waals surface area contributed by atoms with Crippen LogP contribution in [0.25, 0.3) is 10.8 Å². The monoisotopic (exact) mass is 518 g/mol. The van der Waals surface area contributed by atoms with Crippen LogP contribution in [0.5, 0.6) is 0 Å².